The molecule has 0 N–H and O–H groups in total. The third-order valence-corrected chi connectivity index (χ3v) is 3.13. The number of hydrogen-bond acceptors (Lipinski definition) is 4. The Balaban J connectivity index is 2.31. The maximum absolute atomic E-state index is 10.8. The van der Waals surface area contributed by atoms with Crippen molar-refractivity contribution in [3.05, 3.63) is 0 Å². The molecule has 84 valence electrons. The summed E-state index contributed by atoms with van der Waals surface area (Å²) in [4.78, 5) is 2.33. The topological polar surface area (TPSA) is 46.6 Å². The third-order valence-electron chi connectivity index (χ3n) is 2.57. The third kappa shape index (κ3) is 4.39. The van der Waals surface area contributed by atoms with Crippen molar-refractivity contribution in [3.8, 4) is 0 Å². The number of nitrogens with zero attached hydrogens (tertiary/aromatic N) is 1. The van der Waals surface area contributed by atoms with Gasteiger partial charge in [0.1, 0.15) is 0 Å². The predicted molar refractivity (Wildman–Crippen MR) is 55.6 cm³/mol. The van der Waals surface area contributed by atoms with Crippen molar-refractivity contribution in [2.24, 2.45) is 5.92 Å². The second-order valence-corrected chi connectivity index (χ2v) is 5.53. The monoisotopic (exact) mass is 221 g/mol. The molecule has 1 aliphatic heterocycles. The van der Waals surface area contributed by atoms with E-state index in [9.17, 15) is 8.42 Å². The highest BCUT2D eigenvalue weighted by molar-refractivity contribution is 7.85. The van der Waals surface area contributed by atoms with Crippen molar-refractivity contribution in [2.45, 2.75) is 19.8 Å². The summed E-state index contributed by atoms with van der Waals surface area (Å²) in [5, 5.41) is 0. The minimum Gasteiger partial charge on any atom is -0.303 e. The zero-order valence-corrected chi connectivity index (χ0v) is 9.72. The van der Waals surface area contributed by atoms with Crippen LogP contribution in [0.5, 0.6) is 0 Å². The Morgan fingerprint density at radius 3 is 2.79 bits per heavy atom. The van der Waals surface area contributed by atoms with E-state index in [1.54, 1.807) is 0 Å². The maximum Gasteiger partial charge on any atom is 0.264 e. The van der Waals surface area contributed by atoms with Gasteiger partial charge in [0.05, 0.1) is 12.9 Å². The minimum atomic E-state index is -3.27. The van der Waals surface area contributed by atoms with Gasteiger partial charge in [-0.15, -0.1) is 0 Å². The van der Waals surface area contributed by atoms with Gasteiger partial charge in [-0.25, -0.2) is 0 Å². The molecule has 1 fully saturated rings. The summed E-state index contributed by atoms with van der Waals surface area (Å²) in [5.41, 5.74) is 0. The van der Waals surface area contributed by atoms with Crippen LogP contribution < -0.4 is 0 Å². The number of piperidine rings is 1. The van der Waals surface area contributed by atoms with Crippen LogP contribution in [0.4, 0.5) is 0 Å². The van der Waals surface area contributed by atoms with Crippen LogP contribution in [0.1, 0.15) is 19.8 Å². The van der Waals surface area contributed by atoms with Crippen LogP contribution in [-0.4, -0.2) is 45.8 Å². The van der Waals surface area contributed by atoms with Gasteiger partial charge in [0.15, 0.2) is 0 Å². The molecule has 1 unspecified atom stereocenters. The SMILES string of the molecule is CCN1CCCC(COS(C)(=O)=O)C1. The van der Waals surface area contributed by atoms with Crippen LogP contribution in [0.3, 0.4) is 0 Å². The molecule has 0 aliphatic carbocycles. The molecule has 5 heteroatoms. The summed E-state index contributed by atoms with van der Waals surface area (Å²) < 4.78 is 26.4. The summed E-state index contributed by atoms with van der Waals surface area (Å²) in [6, 6.07) is 0. The van der Waals surface area contributed by atoms with Gasteiger partial charge in [0.2, 0.25) is 0 Å². The Labute approximate surface area is 86.4 Å². The lowest BCUT2D eigenvalue weighted by Gasteiger charge is -2.31. The molecule has 1 rings (SSSR count). The van der Waals surface area contributed by atoms with Crippen LogP contribution in [0, 0.1) is 5.92 Å². The van der Waals surface area contributed by atoms with Crippen molar-refractivity contribution in [1.29, 1.82) is 0 Å². The lowest BCUT2D eigenvalue weighted by atomic mass is 9.99. The minimum absolute atomic E-state index is 0.343. The Kier molecular flexibility index (Phi) is 4.34. The van der Waals surface area contributed by atoms with Gasteiger partial charge in [-0.2, -0.15) is 8.42 Å². The Morgan fingerprint density at radius 1 is 1.50 bits per heavy atom. The average molecular weight is 221 g/mol. The summed E-state index contributed by atoms with van der Waals surface area (Å²) in [6.07, 6.45) is 3.32. The zero-order valence-electron chi connectivity index (χ0n) is 8.90. The summed E-state index contributed by atoms with van der Waals surface area (Å²) in [7, 11) is -3.27. The van der Waals surface area contributed by atoms with Crippen molar-refractivity contribution in [1.82, 2.24) is 4.90 Å². The average Bonchev–Trinajstić information content (AvgIpc) is 2.14. The fraction of sp³-hybridized carbons (Fsp3) is 1.00. The Hall–Kier alpha value is -0.130. The molecule has 1 saturated heterocycles. The molecule has 0 amide bonds. The fourth-order valence-corrected chi connectivity index (χ4v) is 2.23. The second kappa shape index (κ2) is 5.09. The molecule has 0 bridgehead atoms. The van der Waals surface area contributed by atoms with Crippen molar-refractivity contribution in [2.75, 3.05) is 32.5 Å². The van der Waals surface area contributed by atoms with Gasteiger partial charge in [-0.05, 0) is 31.8 Å². The first-order valence-electron chi connectivity index (χ1n) is 5.08. The fourth-order valence-electron chi connectivity index (χ4n) is 1.79. The molecule has 0 aromatic carbocycles. The van der Waals surface area contributed by atoms with Gasteiger partial charge in [0, 0.05) is 6.54 Å². The standard InChI is InChI=1S/C9H19NO3S/c1-3-10-6-4-5-9(7-10)8-13-14(2,11)12/h9H,3-8H2,1-2H3. The first-order chi connectivity index (χ1) is 6.51. The second-order valence-electron chi connectivity index (χ2n) is 3.89. The van der Waals surface area contributed by atoms with Crippen LogP contribution in [-0.2, 0) is 14.3 Å². The first kappa shape index (κ1) is 11.9. The lowest BCUT2D eigenvalue weighted by molar-refractivity contribution is 0.138. The largest absolute Gasteiger partial charge is 0.303 e. The normalized spacial score (nSPS) is 25.1. The number of hydrogen-bond donors (Lipinski definition) is 0. The van der Waals surface area contributed by atoms with Gasteiger partial charge in [-0.1, -0.05) is 6.92 Å². The molecular formula is C9H19NO3S. The highest BCUT2D eigenvalue weighted by Gasteiger charge is 2.20. The van der Waals surface area contributed by atoms with Gasteiger partial charge in [-0.3, -0.25) is 4.18 Å². The molecule has 0 saturated carbocycles. The van der Waals surface area contributed by atoms with Crippen molar-refractivity contribution in [3.63, 3.8) is 0 Å². The van der Waals surface area contributed by atoms with Crippen LogP contribution in [0.15, 0.2) is 0 Å². The van der Waals surface area contributed by atoms with Gasteiger partial charge >= 0.3 is 0 Å². The van der Waals surface area contributed by atoms with Crippen LogP contribution >= 0.6 is 0 Å². The molecule has 0 aromatic rings. The highest BCUT2D eigenvalue weighted by atomic mass is 32.2. The van der Waals surface area contributed by atoms with E-state index in [0.29, 0.717) is 12.5 Å². The summed E-state index contributed by atoms with van der Waals surface area (Å²) in [6.45, 7) is 5.60. The van der Waals surface area contributed by atoms with E-state index in [1.807, 2.05) is 0 Å². The first-order valence-corrected chi connectivity index (χ1v) is 6.89. The Bertz CT molecular complexity index is 263. The molecule has 1 atom stereocenters. The zero-order chi connectivity index (χ0) is 10.6. The number of likely N-dealkylation sites (tertiary alicyclic amines) is 1. The van der Waals surface area contributed by atoms with E-state index in [2.05, 4.69) is 11.8 Å². The van der Waals surface area contributed by atoms with Crippen molar-refractivity contribution < 1.29 is 12.6 Å². The molecule has 0 radical (unpaired) electrons. The molecule has 4 nitrogen and oxygen atoms in total. The predicted octanol–water partition coefficient (Wildman–Crippen LogP) is 0.694. The van der Waals surface area contributed by atoms with E-state index in [0.717, 1.165) is 38.7 Å². The van der Waals surface area contributed by atoms with E-state index < -0.39 is 10.1 Å². The molecule has 1 heterocycles. The Morgan fingerprint density at radius 2 is 2.21 bits per heavy atom. The maximum atomic E-state index is 10.8. The molecule has 0 spiro atoms. The molecular weight excluding hydrogens is 202 g/mol. The quantitative estimate of drug-likeness (QED) is 0.655. The van der Waals surface area contributed by atoms with Gasteiger partial charge < -0.3 is 4.90 Å². The lowest BCUT2D eigenvalue weighted by Crippen LogP contribution is -2.37. The van der Waals surface area contributed by atoms with E-state index in [-0.39, 0.29) is 0 Å². The molecule has 14 heavy (non-hydrogen) atoms. The summed E-state index contributed by atoms with van der Waals surface area (Å²) >= 11 is 0. The summed E-state index contributed by atoms with van der Waals surface area (Å²) in [5.74, 6) is 0.374. The molecule has 0 aromatic heterocycles. The number of rotatable bonds is 4. The van der Waals surface area contributed by atoms with Gasteiger partial charge in [0.25, 0.3) is 10.1 Å². The molecule has 1 aliphatic rings. The van der Waals surface area contributed by atoms with E-state index in [4.69, 9.17) is 4.18 Å². The van der Waals surface area contributed by atoms with Crippen molar-refractivity contribution >= 4 is 10.1 Å². The van der Waals surface area contributed by atoms with E-state index >= 15 is 0 Å². The smallest absolute Gasteiger partial charge is 0.264 e. The van der Waals surface area contributed by atoms with E-state index in [1.165, 1.54) is 0 Å². The van der Waals surface area contributed by atoms with Crippen LogP contribution in [0.25, 0.3) is 0 Å². The van der Waals surface area contributed by atoms with Crippen LogP contribution in [0.2, 0.25) is 0 Å². The highest BCUT2D eigenvalue weighted by Crippen LogP contribution is 2.16.